The Kier molecular flexibility index (Phi) is 4.27. The zero-order valence-corrected chi connectivity index (χ0v) is 16.3. The Hall–Kier alpha value is -1.42. The Morgan fingerprint density at radius 1 is 1.20 bits per heavy atom. The fourth-order valence-corrected chi connectivity index (χ4v) is 3.93. The van der Waals surface area contributed by atoms with Gasteiger partial charge in [0.15, 0.2) is 0 Å². The summed E-state index contributed by atoms with van der Waals surface area (Å²) in [5.41, 5.74) is 0.856. The summed E-state index contributed by atoms with van der Waals surface area (Å²) < 4.78 is 39.9. The monoisotopic (exact) mass is 365 g/mol. The minimum atomic E-state index is -3.61. The van der Waals surface area contributed by atoms with Gasteiger partial charge in [-0.05, 0) is 40.7 Å². The number of likely N-dealkylation sites (N-methyl/N-ethyl adjacent to an activating group) is 1. The summed E-state index contributed by atoms with van der Waals surface area (Å²) >= 11 is 0. The molecule has 0 saturated carbocycles. The van der Waals surface area contributed by atoms with Crippen LogP contribution in [0, 0.1) is 6.92 Å². The normalized spacial score (nSPS) is 24.7. The molecule has 3 heterocycles. The number of rotatable bonds is 2. The molecule has 136 valence electrons. The first-order valence-corrected chi connectivity index (χ1v) is 9.60. The van der Waals surface area contributed by atoms with Crippen molar-refractivity contribution in [1.29, 1.82) is 0 Å². The lowest BCUT2D eigenvalue weighted by molar-refractivity contribution is 0.00578. The highest BCUT2D eigenvalue weighted by Gasteiger charge is 2.52. The SMILES string of the molecule is Cc1ncc(B2OC(C)(C)C(C)(C)O2)cc1N1C=CCN(C)S1(=O)=O. The van der Waals surface area contributed by atoms with E-state index in [1.54, 1.807) is 38.5 Å². The number of nitrogens with zero attached hydrogens (tertiary/aromatic N) is 3. The maximum atomic E-state index is 12.6. The number of aryl methyl sites for hydroxylation is 1. The van der Waals surface area contributed by atoms with Gasteiger partial charge in [0, 0.05) is 31.5 Å². The summed E-state index contributed by atoms with van der Waals surface area (Å²) in [6.07, 6.45) is 5.03. The Labute approximate surface area is 149 Å². The first-order chi connectivity index (χ1) is 11.5. The summed E-state index contributed by atoms with van der Waals surface area (Å²) in [7, 11) is -2.65. The molecule has 1 fully saturated rings. The van der Waals surface area contributed by atoms with Crippen LogP contribution in [-0.2, 0) is 19.5 Å². The van der Waals surface area contributed by atoms with E-state index in [1.807, 2.05) is 27.7 Å². The summed E-state index contributed by atoms with van der Waals surface area (Å²) in [5, 5.41) is 0. The van der Waals surface area contributed by atoms with Crippen molar-refractivity contribution in [2.24, 2.45) is 0 Å². The van der Waals surface area contributed by atoms with Crippen LogP contribution in [0.4, 0.5) is 5.69 Å². The molecule has 1 saturated heterocycles. The van der Waals surface area contributed by atoms with E-state index in [4.69, 9.17) is 9.31 Å². The van der Waals surface area contributed by atoms with Crippen LogP contribution in [-0.4, -0.2) is 49.6 Å². The first-order valence-electron chi connectivity index (χ1n) is 8.20. The van der Waals surface area contributed by atoms with Gasteiger partial charge < -0.3 is 9.31 Å². The zero-order chi connectivity index (χ0) is 18.6. The molecule has 0 spiro atoms. The average Bonchev–Trinajstić information content (AvgIpc) is 2.71. The molecule has 2 aliphatic heterocycles. The lowest BCUT2D eigenvalue weighted by Crippen LogP contribution is -2.43. The third-order valence-electron chi connectivity index (χ3n) is 5.09. The molecule has 0 unspecified atom stereocenters. The van der Waals surface area contributed by atoms with Crippen LogP contribution >= 0.6 is 0 Å². The highest BCUT2D eigenvalue weighted by atomic mass is 32.2. The van der Waals surface area contributed by atoms with E-state index < -0.39 is 28.5 Å². The Balaban J connectivity index is 2.01. The van der Waals surface area contributed by atoms with E-state index in [-0.39, 0.29) is 0 Å². The minimum absolute atomic E-state index is 0.349. The summed E-state index contributed by atoms with van der Waals surface area (Å²) in [5.74, 6) is 0. The van der Waals surface area contributed by atoms with Gasteiger partial charge in [0.25, 0.3) is 0 Å². The van der Waals surface area contributed by atoms with Gasteiger partial charge in [0.2, 0.25) is 0 Å². The molecule has 9 heteroatoms. The number of hydrogen-bond donors (Lipinski definition) is 0. The molecule has 0 radical (unpaired) electrons. The van der Waals surface area contributed by atoms with Gasteiger partial charge in [0.1, 0.15) is 0 Å². The van der Waals surface area contributed by atoms with Gasteiger partial charge in [-0.1, -0.05) is 6.08 Å². The van der Waals surface area contributed by atoms with Crippen LogP contribution in [0.5, 0.6) is 0 Å². The molecule has 0 amide bonds. The highest BCUT2D eigenvalue weighted by Crippen LogP contribution is 2.36. The molecule has 1 aromatic heterocycles. The van der Waals surface area contributed by atoms with Gasteiger partial charge in [-0.2, -0.15) is 12.7 Å². The summed E-state index contributed by atoms with van der Waals surface area (Å²) in [4.78, 5) is 4.37. The maximum absolute atomic E-state index is 12.6. The Morgan fingerprint density at radius 2 is 1.80 bits per heavy atom. The van der Waals surface area contributed by atoms with Gasteiger partial charge in [0.05, 0.1) is 22.6 Å². The van der Waals surface area contributed by atoms with E-state index in [9.17, 15) is 8.42 Å². The third kappa shape index (κ3) is 2.99. The van der Waals surface area contributed by atoms with Crippen molar-refractivity contribution in [3.63, 3.8) is 0 Å². The van der Waals surface area contributed by atoms with Crippen molar-refractivity contribution in [3.05, 3.63) is 30.2 Å². The lowest BCUT2D eigenvalue weighted by atomic mass is 9.80. The second-order valence-corrected chi connectivity index (χ2v) is 9.34. The Morgan fingerprint density at radius 3 is 2.40 bits per heavy atom. The average molecular weight is 365 g/mol. The van der Waals surface area contributed by atoms with Crippen molar-refractivity contribution in [1.82, 2.24) is 9.29 Å². The smallest absolute Gasteiger partial charge is 0.399 e. The van der Waals surface area contributed by atoms with E-state index >= 15 is 0 Å². The Bertz CT molecular complexity index is 807. The van der Waals surface area contributed by atoms with Crippen molar-refractivity contribution < 1.29 is 17.7 Å². The summed E-state index contributed by atoms with van der Waals surface area (Å²) in [6, 6.07) is 1.77. The second kappa shape index (κ2) is 5.80. The molecule has 0 aliphatic carbocycles. The molecule has 1 aromatic rings. The number of hydrogen-bond acceptors (Lipinski definition) is 5. The largest absolute Gasteiger partial charge is 0.496 e. The molecule has 3 rings (SSSR count). The summed E-state index contributed by atoms with van der Waals surface area (Å²) in [6.45, 7) is 10.0. The molecule has 0 aromatic carbocycles. The van der Waals surface area contributed by atoms with Crippen molar-refractivity contribution in [2.75, 3.05) is 17.9 Å². The van der Waals surface area contributed by atoms with Crippen molar-refractivity contribution >= 4 is 28.5 Å². The number of anilines is 1. The lowest BCUT2D eigenvalue weighted by Gasteiger charge is -2.32. The van der Waals surface area contributed by atoms with Gasteiger partial charge in [-0.25, -0.2) is 4.31 Å². The fourth-order valence-electron chi connectivity index (χ4n) is 2.69. The minimum Gasteiger partial charge on any atom is -0.399 e. The van der Waals surface area contributed by atoms with Crippen LogP contribution < -0.4 is 9.77 Å². The molecular weight excluding hydrogens is 341 g/mol. The molecule has 2 aliphatic rings. The van der Waals surface area contributed by atoms with E-state index in [2.05, 4.69) is 4.98 Å². The van der Waals surface area contributed by atoms with E-state index in [1.165, 1.54) is 8.61 Å². The van der Waals surface area contributed by atoms with Crippen molar-refractivity contribution in [2.45, 2.75) is 45.8 Å². The van der Waals surface area contributed by atoms with Gasteiger partial charge in [-0.3, -0.25) is 4.98 Å². The topological polar surface area (TPSA) is 72.0 Å². The first kappa shape index (κ1) is 18.4. The van der Waals surface area contributed by atoms with E-state index in [0.717, 1.165) is 0 Å². The van der Waals surface area contributed by atoms with Crippen LogP contribution in [0.2, 0.25) is 0 Å². The molecule has 7 nitrogen and oxygen atoms in total. The van der Waals surface area contributed by atoms with Crippen LogP contribution in [0.15, 0.2) is 24.5 Å². The molecule has 0 N–H and O–H groups in total. The molecular formula is C16H24BN3O4S. The number of aromatic nitrogens is 1. The van der Waals surface area contributed by atoms with Crippen LogP contribution in [0.1, 0.15) is 33.4 Å². The predicted octanol–water partition coefficient (Wildman–Crippen LogP) is 1.20. The third-order valence-corrected chi connectivity index (χ3v) is 6.84. The molecule has 0 bridgehead atoms. The van der Waals surface area contributed by atoms with E-state index in [0.29, 0.717) is 23.4 Å². The quantitative estimate of drug-likeness (QED) is 0.737. The van der Waals surface area contributed by atoms with Crippen LogP contribution in [0.25, 0.3) is 0 Å². The maximum Gasteiger partial charge on any atom is 0.496 e. The predicted molar refractivity (Wildman–Crippen MR) is 97.9 cm³/mol. The number of pyridine rings is 1. The highest BCUT2D eigenvalue weighted by molar-refractivity contribution is 7.90. The van der Waals surface area contributed by atoms with Gasteiger partial charge in [-0.15, -0.1) is 0 Å². The molecule has 25 heavy (non-hydrogen) atoms. The second-order valence-electron chi connectivity index (χ2n) is 7.43. The standard InChI is InChI=1S/C16H24BN3O4S/c1-12-14(20-9-7-8-19(6)25(20,21)22)10-13(11-18-12)17-23-15(2,3)16(4,5)24-17/h7,9-11H,8H2,1-6H3. The molecule has 0 atom stereocenters. The van der Waals surface area contributed by atoms with Crippen molar-refractivity contribution in [3.8, 4) is 0 Å². The van der Waals surface area contributed by atoms with Gasteiger partial charge >= 0.3 is 17.3 Å². The zero-order valence-electron chi connectivity index (χ0n) is 15.5. The van der Waals surface area contributed by atoms with Crippen LogP contribution in [0.3, 0.4) is 0 Å². The fraction of sp³-hybridized carbons (Fsp3) is 0.562.